The predicted molar refractivity (Wildman–Crippen MR) is 78.9 cm³/mol. The van der Waals surface area contributed by atoms with Crippen molar-refractivity contribution in [3.05, 3.63) is 16.8 Å². The number of ether oxygens (including phenoxy) is 1. The van der Waals surface area contributed by atoms with Crippen LogP contribution in [0.15, 0.2) is 11.1 Å². The van der Waals surface area contributed by atoms with Crippen LogP contribution in [0.3, 0.4) is 0 Å². The number of H-pyrrole nitrogens is 1. The van der Waals surface area contributed by atoms with E-state index in [1.807, 2.05) is 0 Å². The fourth-order valence-electron chi connectivity index (χ4n) is 2.71. The van der Waals surface area contributed by atoms with Gasteiger partial charge in [-0.25, -0.2) is 14.3 Å². The summed E-state index contributed by atoms with van der Waals surface area (Å²) in [7, 11) is -4.22. The molecule has 125 valence electrons. The monoisotopic (exact) mass is 368 g/mol. The molecule has 0 spiro atoms. The minimum absolute atomic E-state index is 0. The van der Waals surface area contributed by atoms with Crippen LogP contribution in [-0.4, -0.2) is 84.0 Å². The second kappa shape index (κ2) is 6.16. The van der Waals surface area contributed by atoms with Crippen molar-refractivity contribution in [3.8, 4) is 0 Å². The van der Waals surface area contributed by atoms with Crippen molar-refractivity contribution < 1.29 is 28.3 Å². The standard InChI is InChI=1S/C10H12N5O7P.Na/c11-7-4-8(14-10(17)13-7)15(2-12-4)9-5(16)6-3(21-9)1-20-23(18,19)22-6;/h2-3,5-6,9,16H,1H2,(H,18,19)(H3,11,13,14,17);/t3-,5-,6-,9-;/m1./s1. The van der Waals surface area contributed by atoms with Crippen molar-refractivity contribution in [1.82, 2.24) is 19.5 Å². The van der Waals surface area contributed by atoms with Gasteiger partial charge in [-0.1, -0.05) is 0 Å². The van der Waals surface area contributed by atoms with Gasteiger partial charge in [0.05, 0.1) is 12.9 Å². The Kier molecular flexibility index (Phi) is 4.62. The first-order chi connectivity index (χ1) is 10.9. The third kappa shape index (κ3) is 2.83. The van der Waals surface area contributed by atoms with E-state index < -0.39 is 38.1 Å². The van der Waals surface area contributed by atoms with Crippen LogP contribution in [0.25, 0.3) is 11.2 Å². The maximum atomic E-state index is 11.5. The second-order valence-corrected chi connectivity index (χ2v) is 6.58. The molecule has 24 heavy (non-hydrogen) atoms. The van der Waals surface area contributed by atoms with Crippen molar-refractivity contribution >= 4 is 54.4 Å². The van der Waals surface area contributed by atoms with Gasteiger partial charge < -0.3 is 20.5 Å². The number of aliphatic hydroxyl groups excluding tert-OH is 1. The van der Waals surface area contributed by atoms with Crippen molar-refractivity contribution in [3.63, 3.8) is 0 Å². The van der Waals surface area contributed by atoms with Gasteiger partial charge in [-0.15, -0.1) is 0 Å². The zero-order valence-electron chi connectivity index (χ0n) is 12.4. The van der Waals surface area contributed by atoms with Crippen molar-refractivity contribution in [2.24, 2.45) is 0 Å². The number of hydrogen-bond donors (Lipinski definition) is 4. The first-order valence-corrected chi connectivity index (χ1v) is 8.07. The molecule has 5 N–H and O–H groups in total. The van der Waals surface area contributed by atoms with Crippen molar-refractivity contribution in [1.29, 1.82) is 0 Å². The summed E-state index contributed by atoms with van der Waals surface area (Å²) < 4.78 is 27.9. The van der Waals surface area contributed by atoms with Gasteiger partial charge in [0.1, 0.15) is 29.6 Å². The van der Waals surface area contributed by atoms with Gasteiger partial charge in [0.15, 0.2) is 11.9 Å². The number of aromatic nitrogens is 4. The van der Waals surface area contributed by atoms with Crippen LogP contribution in [0.1, 0.15) is 6.23 Å². The third-order valence-corrected chi connectivity index (χ3v) is 4.70. The minimum atomic E-state index is -4.22. The molecular formula is C10H12N5NaO7P. The van der Waals surface area contributed by atoms with Crippen LogP contribution in [-0.2, 0) is 18.3 Å². The molecule has 5 atom stereocenters. The maximum Gasteiger partial charge on any atom is 0.472 e. The maximum absolute atomic E-state index is 11.5. The number of aromatic amines is 1. The molecule has 1 radical (unpaired) electrons. The van der Waals surface area contributed by atoms with Crippen LogP contribution in [0.5, 0.6) is 0 Å². The van der Waals surface area contributed by atoms with Gasteiger partial charge in [-0.3, -0.25) is 18.6 Å². The second-order valence-electron chi connectivity index (χ2n) is 5.17. The van der Waals surface area contributed by atoms with E-state index in [-0.39, 0.29) is 53.1 Å². The SMILES string of the molecule is Nc1[nH]c(=O)nc2c1ncn2[C@@H]1O[C@@H]2COP(=O)(O)O[C@H]2[C@H]1O.[Na]. The Morgan fingerprint density at radius 2 is 2.25 bits per heavy atom. The zero-order chi connectivity index (χ0) is 16.4. The van der Waals surface area contributed by atoms with E-state index in [9.17, 15) is 19.4 Å². The molecule has 4 heterocycles. The third-order valence-electron chi connectivity index (χ3n) is 3.71. The number of rotatable bonds is 1. The number of nitrogens with one attached hydrogen (secondary N) is 1. The van der Waals surface area contributed by atoms with Gasteiger partial charge in [-0.2, -0.15) is 4.98 Å². The summed E-state index contributed by atoms with van der Waals surface area (Å²) >= 11 is 0. The molecule has 0 bridgehead atoms. The van der Waals surface area contributed by atoms with E-state index in [0.29, 0.717) is 0 Å². The van der Waals surface area contributed by atoms with Crippen molar-refractivity contribution in [2.45, 2.75) is 24.5 Å². The Labute approximate surface area is 155 Å². The van der Waals surface area contributed by atoms with Crippen molar-refractivity contribution in [2.75, 3.05) is 12.3 Å². The number of aliphatic hydroxyl groups is 1. The number of phosphoric acid groups is 1. The van der Waals surface area contributed by atoms with Gasteiger partial charge in [0, 0.05) is 29.6 Å². The molecular weight excluding hydrogens is 356 g/mol. The Morgan fingerprint density at radius 1 is 1.50 bits per heavy atom. The molecule has 2 aromatic rings. The van der Waals surface area contributed by atoms with Gasteiger partial charge in [-0.05, 0) is 0 Å². The number of hydrogen-bond acceptors (Lipinski definition) is 9. The smallest absolute Gasteiger partial charge is 0.386 e. The fourth-order valence-corrected chi connectivity index (χ4v) is 3.67. The van der Waals surface area contributed by atoms with E-state index in [1.165, 1.54) is 10.9 Å². The topological polar surface area (TPSA) is 175 Å². The van der Waals surface area contributed by atoms with Crippen LogP contribution in [0, 0.1) is 0 Å². The van der Waals surface area contributed by atoms with Gasteiger partial charge in [0.25, 0.3) is 0 Å². The molecule has 2 fully saturated rings. The largest absolute Gasteiger partial charge is 0.472 e. The quantitative estimate of drug-likeness (QED) is 0.328. The molecule has 2 aromatic heterocycles. The Hall–Kier alpha value is -0.820. The molecule has 0 saturated carbocycles. The summed E-state index contributed by atoms with van der Waals surface area (Å²) in [5.41, 5.74) is 5.34. The van der Waals surface area contributed by atoms with Crippen LogP contribution in [0.4, 0.5) is 5.82 Å². The van der Waals surface area contributed by atoms with E-state index in [2.05, 4.69) is 19.5 Å². The van der Waals surface area contributed by atoms with E-state index in [0.717, 1.165) is 0 Å². The molecule has 2 aliphatic rings. The average molecular weight is 368 g/mol. The van der Waals surface area contributed by atoms with Crippen LogP contribution >= 0.6 is 7.82 Å². The molecule has 12 nitrogen and oxygen atoms in total. The van der Waals surface area contributed by atoms with Crippen LogP contribution < -0.4 is 11.4 Å². The van der Waals surface area contributed by atoms with E-state index in [4.69, 9.17) is 15.0 Å². The molecule has 4 rings (SSSR count). The van der Waals surface area contributed by atoms with Crippen LogP contribution in [0.2, 0.25) is 0 Å². The van der Waals surface area contributed by atoms with E-state index >= 15 is 0 Å². The molecule has 0 amide bonds. The normalized spacial score (nSPS) is 35.6. The first kappa shape index (κ1) is 18.0. The number of nitrogens with zero attached hydrogens (tertiary/aromatic N) is 3. The summed E-state index contributed by atoms with van der Waals surface area (Å²) in [4.78, 5) is 30.9. The zero-order valence-corrected chi connectivity index (χ0v) is 15.3. The number of imidazole rings is 1. The average Bonchev–Trinajstić information content (AvgIpc) is 3.00. The van der Waals surface area contributed by atoms with Gasteiger partial charge >= 0.3 is 13.5 Å². The minimum Gasteiger partial charge on any atom is -0.386 e. The Morgan fingerprint density at radius 3 is 3.00 bits per heavy atom. The molecule has 0 aromatic carbocycles. The number of fused-ring (bicyclic) bond motifs is 2. The Bertz CT molecular complexity index is 886. The molecule has 2 aliphatic heterocycles. The molecule has 2 saturated heterocycles. The molecule has 1 unspecified atom stereocenters. The number of nitrogens with two attached hydrogens (primary N) is 1. The predicted octanol–water partition coefficient (Wildman–Crippen LogP) is -1.90. The number of nitrogen functional groups attached to an aromatic ring is 1. The van der Waals surface area contributed by atoms with E-state index in [1.54, 1.807) is 0 Å². The Balaban J connectivity index is 0.00000169. The summed E-state index contributed by atoms with van der Waals surface area (Å²) in [6.45, 7) is -0.214. The molecule has 14 heteroatoms. The first-order valence-electron chi connectivity index (χ1n) is 6.57. The van der Waals surface area contributed by atoms with Gasteiger partial charge in [0.2, 0.25) is 0 Å². The summed E-state index contributed by atoms with van der Waals surface area (Å²) in [6, 6.07) is 0. The summed E-state index contributed by atoms with van der Waals surface area (Å²) in [5.74, 6) is 0.0306. The summed E-state index contributed by atoms with van der Waals surface area (Å²) in [5, 5.41) is 10.4. The molecule has 0 aliphatic carbocycles. The summed E-state index contributed by atoms with van der Waals surface area (Å²) in [6.07, 6.45) is -2.82. The number of phosphoric ester groups is 1. The fraction of sp³-hybridized carbons (Fsp3) is 0.500. The number of anilines is 1.